The molecule has 2 aliphatic rings. The number of aromatic nitrogens is 7. The number of anilines is 1. The van der Waals surface area contributed by atoms with E-state index in [-0.39, 0.29) is 25.1 Å². The van der Waals surface area contributed by atoms with Gasteiger partial charge in [0.1, 0.15) is 12.3 Å². The zero-order valence-electron chi connectivity index (χ0n) is 19.4. The third-order valence-electron chi connectivity index (χ3n) is 5.90. The smallest absolute Gasteiger partial charge is 0.274 e. The van der Waals surface area contributed by atoms with Crippen molar-refractivity contribution in [3.63, 3.8) is 0 Å². The molecule has 1 fully saturated rings. The minimum atomic E-state index is -0.370. The molecule has 0 bridgehead atoms. The number of hydrogen-bond acceptors (Lipinski definition) is 8. The number of para-hydroxylation sites is 1. The van der Waals surface area contributed by atoms with Gasteiger partial charge < -0.3 is 19.4 Å². The summed E-state index contributed by atoms with van der Waals surface area (Å²) in [6.07, 6.45) is 7.61. The summed E-state index contributed by atoms with van der Waals surface area (Å²) >= 11 is 0. The van der Waals surface area contributed by atoms with Gasteiger partial charge in [-0.25, -0.2) is 14.6 Å². The van der Waals surface area contributed by atoms with Crippen LogP contribution in [0.4, 0.5) is 5.69 Å². The fraction of sp³-hybridized carbons (Fsp3) is 0.360. The molecule has 0 saturated heterocycles. The van der Waals surface area contributed by atoms with Crippen molar-refractivity contribution in [2.45, 2.75) is 52.7 Å². The molecule has 1 aromatic carbocycles. The molecule has 1 aliphatic heterocycles. The Kier molecular flexibility index (Phi) is 6.13. The highest BCUT2D eigenvalue weighted by molar-refractivity contribution is 6.04. The van der Waals surface area contributed by atoms with Crippen LogP contribution in [0, 0.1) is 0 Å². The zero-order chi connectivity index (χ0) is 23.9. The first kappa shape index (κ1) is 23.5. The van der Waals surface area contributed by atoms with Gasteiger partial charge in [0, 0.05) is 12.1 Å². The van der Waals surface area contributed by atoms with Crippen molar-refractivity contribution in [1.82, 2.24) is 34.7 Å². The number of nitrogens with zero attached hydrogens (tertiary/aromatic N) is 7. The highest BCUT2D eigenvalue weighted by atomic mass is 16.5. The molecule has 36 heavy (non-hydrogen) atoms. The minimum absolute atomic E-state index is 0. The highest BCUT2D eigenvalue weighted by Gasteiger charge is 2.27. The molecule has 186 valence electrons. The summed E-state index contributed by atoms with van der Waals surface area (Å²) in [5.74, 6) is 1.85. The Hall–Kier alpha value is -4.28. The van der Waals surface area contributed by atoms with E-state index < -0.39 is 0 Å². The lowest BCUT2D eigenvalue weighted by molar-refractivity contribution is 0.102. The summed E-state index contributed by atoms with van der Waals surface area (Å²) in [7, 11) is 0. The largest absolute Gasteiger partial charge is 0.489 e. The molecule has 1 saturated carbocycles. The Morgan fingerprint density at radius 2 is 2.11 bits per heavy atom. The van der Waals surface area contributed by atoms with E-state index in [2.05, 4.69) is 30.8 Å². The quantitative estimate of drug-likeness (QED) is 0.434. The number of pyridine rings is 1. The molecule has 0 unspecified atom stereocenters. The number of ether oxygens (including phenoxy) is 2. The van der Waals surface area contributed by atoms with Crippen LogP contribution in [0.3, 0.4) is 0 Å². The van der Waals surface area contributed by atoms with Crippen LogP contribution in [-0.4, -0.2) is 53.4 Å². The summed E-state index contributed by atoms with van der Waals surface area (Å²) in [4.78, 5) is 22.2. The van der Waals surface area contributed by atoms with Gasteiger partial charge in [-0.3, -0.25) is 4.79 Å². The van der Waals surface area contributed by atoms with Crippen LogP contribution in [0.15, 0.2) is 43.0 Å². The lowest BCUT2D eigenvalue weighted by Crippen LogP contribution is -2.16. The summed E-state index contributed by atoms with van der Waals surface area (Å²) < 4.78 is 15.5. The summed E-state index contributed by atoms with van der Waals surface area (Å²) in [5.41, 5.74) is 3.24. The number of carbonyl (C=O) groups is 1. The highest BCUT2D eigenvalue weighted by Crippen LogP contribution is 2.40. The second-order valence-electron chi connectivity index (χ2n) is 8.89. The van der Waals surface area contributed by atoms with Crippen LogP contribution in [0.1, 0.15) is 56.2 Å². The molecular weight excluding hydrogens is 460 g/mol. The van der Waals surface area contributed by atoms with E-state index in [1.54, 1.807) is 29.3 Å². The van der Waals surface area contributed by atoms with Gasteiger partial charge in [0.05, 0.1) is 47.8 Å². The molecule has 11 heteroatoms. The lowest BCUT2D eigenvalue weighted by atomic mass is 10.1. The first-order valence-electron chi connectivity index (χ1n) is 11.6. The fourth-order valence-corrected chi connectivity index (χ4v) is 4.10. The number of benzene rings is 1. The van der Waals surface area contributed by atoms with Crippen LogP contribution in [0.5, 0.6) is 11.5 Å². The number of rotatable bonds is 6. The van der Waals surface area contributed by atoms with Gasteiger partial charge in [0.2, 0.25) is 0 Å². The molecule has 3 aromatic heterocycles. The Balaban J connectivity index is 0.00000267. The van der Waals surface area contributed by atoms with Crippen LogP contribution < -0.4 is 14.8 Å². The molecule has 1 amide bonds. The third kappa shape index (κ3) is 4.39. The Morgan fingerprint density at radius 3 is 2.92 bits per heavy atom. The minimum Gasteiger partial charge on any atom is -0.489 e. The maximum Gasteiger partial charge on any atom is 0.274 e. The Morgan fingerprint density at radius 1 is 1.25 bits per heavy atom. The number of carbonyl (C=O) groups excluding carboxylic acids is 1. The SMILES string of the molecule is C.CC(C)Oc1cnc(C(=O)Nc2cccc3c2OCCn2nnnc2-3)cc1-n1cnc(C2CC2)c1. The summed E-state index contributed by atoms with van der Waals surface area (Å²) in [6, 6.07) is 7.19. The first-order valence-corrected chi connectivity index (χ1v) is 11.6. The maximum atomic E-state index is 13.3. The van der Waals surface area contributed by atoms with Gasteiger partial charge in [0.15, 0.2) is 17.3 Å². The predicted molar refractivity (Wildman–Crippen MR) is 133 cm³/mol. The second-order valence-corrected chi connectivity index (χ2v) is 8.89. The average Bonchev–Trinajstić information content (AvgIpc) is 3.45. The van der Waals surface area contributed by atoms with Gasteiger partial charge >= 0.3 is 0 Å². The standard InChI is InChI=1S/C24H24N8O3.CH4/c1-14(2)35-21-11-25-18(10-20(21)31-12-19(26-13-31)15-6-7-15)24(33)27-17-5-3-4-16-22(17)34-9-8-32-23(16)28-29-30-32;/h3-5,10-15H,6-9H2,1-2H3,(H,27,33);1H4. The molecule has 11 nitrogen and oxygen atoms in total. The van der Waals surface area contributed by atoms with Crippen molar-refractivity contribution >= 4 is 11.6 Å². The number of hydrogen-bond donors (Lipinski definition) is 1. The van der Waals surface area contributed by atoms with E-state index in [1.807, 2.05) is 36.7 Å². The third-order valence-corrected chi connectivity index (χ3v) is 5.90. The van der Waals surface area contributed by atoms with Crippen LogP contribution in [0.25, 0.3) is 17.1 Å². The van der Waals surface area contributed by atoms with E-state index in [1.165, 1.54) is 0 Å². The predicted octanol–water partition coefficient (Wildman–Crippen LogP) is 3.87. The molecule has 0 radical (unpaired) electrons. The van der Waals surface area contributed by atoms with Crippen molar-refractivity contribution in [2.24, 2.45) is 0 Å². The molecule has 1 aliphatic carbocycles. The topological polar surface area (TPSA) is 122 Å². The second kappa shape index (κ2) is 9.40. The number of nitrogens with one attached hydrogen (secondary N) is 1. The van der Waals surface area contributed by atoms with E-state index in [0.29, 0.717) is 53.3 Å². The molecular formula is C25H28N8O3. The number of tetrazole rings is 1. The van der Waals surface area contributed by atoms with Gasteiger partial charge in [-0.2, -0.15) is 0 Å². The molecule has 0 atom stereocenters. The molecule has 6 rings (SSSR count). The van der Waals surface area contributed by atoms with Gasteiger partial charge in [-0.15, -0.1) is 5.10 Å². The number of imidazole rings is 1. The van der Waals surface area contributed by atoms with Gasteiger partial charge in [-0.05, 0) is 55.3 Å². The summed E-state index contributed by atoms with van der Waals surface area (Å²) in [6.45, 7) is 4.79. The first-order chi connectivity index (χ1) is 17.1. The van der Waals surface area contributed by atoms with E-state index in [9.17, 15) is 4.79 Å². The maximum absolute atomic E-state index is 13.3. The molecule has 4 aromatic rings. The molecule has 4 heterocycles. The number of amides is 1. The van der Waals surface area contributed by atoms with Gasteiger partial charge in [-0.1, -0.05) is 13.5 Å². The van der Waals surface area contributed by atoms with Crippen LogP contribution >= 0.6 is 0 Å². The molecule has 0 spiro atoms. The number of fused-ring (bicyclic) bond motifs is 3. The monoisotopic (exact) mass is 488 g/mol. The van der Waals surface area contributed by atoms with Crippen molar-refractivity contribution < 1.29 is 14.3 Å². The van der Waals surface area contributed by atoms with Crippen LogP contribution in [-0.2, 0) is 6.54 Å². The van der Waals surface area contributed by atoms with Crippen molar-refractivity contribution in [3.8, 4) is 28.6 Å². The Labute approximate surface area is 208 Å². The lowest BCUT2D eigenvalue weighted by Gasteiger charge is -2.16. The zero-order valence-corrected chi connectivity index (χ0v) is 19.4. The van der Waals surface area contributed by atoms with E-state index >= 15 is 0 Å². The molecule has 1 N–H and O–H groups in total. The van der Waals surface area contributed by atoms with Gasteiger partial charge in [0.25, 0.3) is 5.91 Å². The van der Waals surface area contributed by atoms with Crippen LogP contribution in [0.2, 0.25) is 0 Å². The van der Waals surface area contributed by atoms with E-state index in [0.717, 1.165) is 18.5 Å². The average molecular weight is 489 g/mol. The van der Waals surface area contributed by atoms with Crippen molar-refractivity contribution in [1.29, 1.82) is 0 Å². The Bertz CT molecular complexity index is 1410. The summed E-state index contributed by atoms with van der Waals surface area (Å²) in [5, 5.41) is 14.8. The van der Waals surface area contributed by atoms with Crippen molar-refractivity contribution in [2.75, 3.05) is 11.9 Å². The van der Waals surface area contributed by atoms with E-state index in [4.69, 9.17) is 9.47 Å². The fourth-order valence-electron chi connectivity index (χ4n) is 4.10. The van der Waals surface area contributed by atoms with Crippen molar-refractivity contribution in [3.05, 3.63) is 54.4 Å². The normalized spacial score (nSPS) is 14.2.